The molecule has 3 amide bonds. The summed E-state index contributed by atoms with van der Waals surface area (Å²) in [6.07, 6.45) is 1.57. The number of nitrogens with one attached hydrogen (secondary N) is 3. The van der Waals surface area contributed by atoms with Crippen molar-refractivity contribution in [2.24, 2.45) is 0 Å². The molecule has 0 aliphatic carbocycles. The lowest BCUT2D eigenvalue weighted by Crippen LogP contribution is -2.30. The fourth-order valence-corrected chi connectivity index (χ4v) is 4.77. The predicted octanol–water partition coefficient (Wildman–Crippen LogP) is 6.23. The van der Waals surface area contributed by atoms with Crippen molar-refractivity contribution < 1.29 is 23.9 Å². The minimum atomic E-state index is -0.503. The maximum Gasteiger partial charge on any atom is 0.272 e. The summed E-state index contributed by atoms with van der Waals surface area (Å²) in [5.74, 6) is 0.149. The molecular formula is C33H31N3O5S. The zero-order valence-electron chi connectivity index (χ0n) is 23.4. The third kappa shape index (κ3) is 8.25. The number of para-hydroxylation sites is 1. The highest BCUT2D eigenvalue weighted by molar-refractivity contribution is 8.00. The van der Waals surface area contributed by atoms with Crippen LogP contribution in [0.2, 0.25) is 0 Å². The highest BCUT2D eigenvalue weighted by atomic mass is 32.2. The SMILES string of the molecule is COc1cccc(NC(=O)C(C)Sc2ccc(NC(=O)/C(=C/c3ccccc3OC)NC(=O)c3ccccc3)cc2)c1. The minimum absolute atomic E-state index is 0.0506. The Hall–Kier alpha value is -5.02. The summed E-state index contributed by atoms with van der Waals surface area (Å²) in [7, 11) is 3.11. The molecule has 0 fully saturated rings. The summed E-state index contributed by atoms with van der Waals surface area (Å²) in [4.78, 5) is 39.8. The number of methoxy groups -OCH3 is 2. The van der Waals surface area contributed by atoms with Gasteiger partial charge >= 0.3 is 0 Å². The van der Waals surface area contributed by atoms with Crippen molar-refractivity contribution in [2.75, 3.05) is 24.9 Å². The third-order valence-corrected chi connectivity index (χ3v) is 7.21. The molecule has 0 radical (unpaired) electrons. The van der Waals surface area contributed by atoms with Crippen LogP contribution >= 0.6 is 11.8 Å². The second kappa shape index (κ2) is 14.6. The van der Waals surface area contributed by atoms with Crippen molar-refractivity contribution in [1.82, 2.24) is 5.32 Å². The van der Waals surface area contributed by atoms with Crippen molar-refractivity contribution in [3.63, 3.8) is 0 Å². The van der Waals surface area contributed by atoms with Gasteiger partial charge in [-0.25, -0.2) is 0 Å². The molecule has 4 aromatic rings. The first-order valence-corrected chi connectivity index (χ1v) is 14.0. The van der Waals surface area contributed by atoms with Gasteiger partial charge in [0.15, 0.2) is 0 Å². The van der Waals surface area contributed by atoms with Gasteiger partial charge in [-0.05, 0) is 67.6 Å². The average molecular weight is 582 g/mol. The lowest BCUT2D eigenvalue weighted by Gasteiger charge is -2.14. The van der Waals surface area contributed by atoms with E-state index in [9.17, 15) is 14.4 Å². The first kappa shape index (κ1) is 30.0. The van der Waals surface area contributed by atoms with Crippen molar-refractivity contribution in [3.8, 4) is 11.5 Å². The van der Waals surface area contributed by atoms with E-state index >= 15 is 0 Å². The molecule has 0 spiro atoms. The van der Waals surface area contributed by atoms with Crippen molar-refractivity contribution >= 4 is 46.9 Å². The number of hydrogen-bond acceptors (Lipinski definition) is 6. The summed E-state index contributed by atoms with van der Waals surface area (Å²) in [5, 5.41) is 8.09. The van der Waals surface area contributed by atoms with Crippen LogP contribution in [0.3, 0.4) is 0 Å². The van der Waals surface area contributed by atoms with E-state index in [0.29, 0.717) is 34.0 Å². The Morgan fingerprint density at radius 2 is 1.48 bits per heavy atom. The van der Waals surface area contributed by atoms with Crippen LogP contribution in [0.25, 0.3) is 6.08 Å². The first-order chi connectivity index (χ1) is 20.4. The molecule has 0 bridgehead atoms. The van der Waals surface area contributed by atoms with Crippen molar-refractivity contribution in [3.05, 3.63) is 120 Å². The third-order valence-electron chi connectivity index (χ3n) is 6.10. The van der Waals surface area contributed by atoms with E-state index in [1.807, 2.05) is 49.4 Å². The summed E-state index contributed by atoms with van der Waals surface area (Å²) < 4.78 is 10.6. The van der Waals surface area contributed by atoms with Gasteiger partial charge in [-0.3, -0.25) is 14.4 Å². The zero-order valence-corrected chi connectivity index (χ0v) is 24.2. The molecule has 42 heavy (non-hydrogen) atoms. The maximum atomic E-state index is 13.4. The lowest BCUT2D eigenvalue weighted by molar-refractivity contribution is -0.115. The number of carbonyl (C=O) groups is 3. The van der Waals surface area contributed by atoms with Crippen molar-refractivity contribution in [1.29, 1.82) is 0 Å². The molecule has 0 aliphatic heterocycles. The Bertz CT molecular complexity index is 1570. The Morgan fingerprint density at radius 3 is 2.19 bits per heavy atom. The van der Waals surface area contributed by atoms with Crippen LogP contribution in [0.1, 0.15) is 22.8 Å². The Labute approximate surface area is 249 Å². The molecule has 3 N–H and O–H groups in total. The number of anilines is 2. The van der Waals surface area contributed by atoms with Gasteiger partial charge in [0.05, 0.1) is 19.5 Å². The fourth-order valence-electron chi connectivity index (χ4n) is 3.90. The number of carbonyl (C=O) groups excluding carboxylic acids is 3. The van der Waals surface area contributed by atoms with E-state index in [0.717, 1.165) is 4.90 Å². The van der Waals surface area contributed by atoms with Crippen LogP contribution in [0.15, 0.2) is 114 Å². The second-order valence-corrected chi connectivity index (χ2v) is 10.5. The van der Waals surface area contributed by atoms with E-state index in [2.05, 4.69) is 16.0 Å². The van der Waals surface area contributed by atoms with E-state index in [1.165, 1.54) is 18.9 Å². The summed E-state index contributed by atoms with van der Waals surface area (Å²) in [6.45, 7) is 1.82. The minimum Gasteiger partial charge on any atom is -0.497 e. The Balaban J connectivity index is 1.44. The largest absolute Gasteiger partial charge is 0.497 e. The maximum absolute atomic E-state index is 13.4. The lowest BCUT2D eigenvalue weighted by atomic mass is 10.1. The van der Waals surface area contributed by atoms with Crippen molar-refractivity contribution in [2.45, 2.75) is 17.1 Å². The molecule has 8 nitrogen and oxygen atoms in total. The molecule has 0 aliphatic rings. The van der Waals surface area contributed by atoms with Gasteiger partial charge in [-0.15, -0.1) is 11.8 Å². The van der Waals surface area contributed by atoms with Gasteiger partial charge in [0.1, 0.15) is 17.2 Å². The topological polar surface area (TPSA) is 106 Å². The summed E-state index contributed by atoms with van der Waals surface area (Å²) in [6, 6.07) is 30.2. The number of amides is 3. The predicted molar refractivity (Wildman–Crippen MR) is 167 cm³/mol. The number of thioether (sulfide) groups is 1. The van der Waals surface area contributed by atoms with Crippen LogP contribution in [0, 0.1) is 0 Å². The van der Waals surface area contributed by atoms with Crippen LogP contribution in [0.4, 0.5) is 11.4 Å². The molecule has 1 atom stereocenters. The first-order valence-electron chi connectivity index (χ1n) is 13.1. The van der Waals surface area contributed by atoms with E-state index < -0.39 is 11.8 Å². The molecule has 4 rings (SSSR count). The van der Waals surface area contributed by atoms with Crippen LogP contribution in [-0.2, 0) is 9.59 Å². The molecule has 0 saturated carbocycles. The molecule has 214 valence electrons. The smallest absolute Gasteiger partial charge is 0.272 e. The van der Waals surface area contributed by atoms with Gasteiger partial charge in [0.2, 0.25) is 5.91 Å². The summed E-state index contributed by atoms with van der Waals surface area (Å²) in [5.41, 5.74) is 2.28. The number of ether oxygens (including phenoxy) is 2. The number of benzene rings is 4. The van der Waals surface area contributed by atoms with E-state index in [1.54, 1.807) is 73.8 Å². The highest BCUT2D eigenvalue weighted by Gasteiger charge is 2.17. The normalized spacial score (nSPS) is 11.6. The van der Waals surface area contributed by atoms with E-state index in [-0.39, 0.29) is 16.9 Å². The van der Waals surface area contributed by atoms with Gasteiger partial charge < -0.3 is 25.4 Å². The second-order valence-electron chi connectivity index (χ2n) is 9.08. The Morgan fingerprint density at radius 1 is 0.762 bits per heavy atom. The Kier molecular flexibility index (Phi) is 10.4. The molecule has 0 aromatic heterocycles. The standard InChI is InChI=1S/C33H31N3O5S/c1-22(31(37)35-26-13-9-14-27(21-26)40-2)42-28-18-16-25(17-19-28)34-33(39)29(20-24-12-7-8-15-30(24)41-3)36-32(38)23-10-5-4-6-11-23/h4-22H,1-3H3,(H,34,39)(H,35,37)(H,36,38)/b29-20-. The number of rotatable bonds is 11. The summed E-state index contributed by atoms with van der Waals surface area (Å²) >= 11 is 1.39. The van der Waals surface area contributed by atoms with E-state index in [4.69, 9.17) is 9.47 Å². The molecule has 0 heterocycles. The quantitative estimate of drug-likeness (QED) is 0.143. The fraction of sp³-hybridized carbons (Fsp3) is 0.121. The zero-order chi connectivity index (χ0) is 29.9. The molecule has 0 saturated heterocycles. The van der Waals surface area contributed by atoms with Gasteiger partial charge in [0.25, 0.3) is 11.8 Å². The molecular weight excluding hydrogens is 550 g/mol. The van der Waals surface area contributed by atoms with Gasteiger partial charge in [-0.2, -0.15) is 0 Å². The monoisotopic (exact) mass is 581 g/mol. The average Bonchev–Trinajstić information content (AvgIpc) is 3.02. The number of hydrogen-bond donors (Lipinski definition) is 3. The van der Waals surface area contributed by atoms with Crippen LogP contribution in [0.5, 0.6) is 11.5 Å². The molecule has 1 unspecified atom stereocenters. The molecule has 4 aromatic carbocycles. The van der Waals surface area contributed by atoms with Gasteiger partial charge in [-0.1, -0.05) is 42.5 Å². The molecule has 9 heteroatoms. The highest BCUT2D eigenvalue weighted by Crippen LogP contribution is 2.27. The van der Waals surface area contributed by atoms with Crippen LogP contribution in [-0.4, -0.2) is 37.2 Å². The van der Waals surface area contributed by atoms with Crippen LogP contribution < -0.4 is 25.4 Å². The van der Waals surface area contributed by atoms with Gasteiger partial charge in [0, 0.05) is 33.5 Å².